The van der Waals surface area contributed by atoms with Gasteiger partial charge in [0.15, 0.2) is 0 Å². The van der Waals surface area contributed by atoms with Gasteiger partial charge in [-0.1, -0.05) is 26.0 Å². The van der Waals surface area contributed by atoms with Gasteiger partial charge in [-0.15, -0.1) is 0 Å². The van der Waals surface area contributed by atoms with E-state index in [1.54, 1.807) is 6.07 Å². The molecule has 0 radical (unpaired) electrons. The molecule has 0 unspecified atom stereocenters. The molecule has 1 aromatic rings. The van der Waals surface area contributed by atoms with Gasteiger partial charge in [-0.2, -0.15) is 0 Å². The summed E-state index contributed by atoms with van der Waals surface area (Å²) in [5.74, 6) is 0.815. The lowest BCUT2D eigenvalue weighted by molar-refractivity contribution is 0.275. The first-order valence-corrected chi connectivity index (χ1v) is 6.25. The van der Waals surface area contributed by atoms with Crippen molar-refractivity contribution in [3.05, 3.63) is 29.3 Å². The van der Waals surface area contributed by atoms with Gasteiger partial charge in [-0.05, 0) is 30.0 Å². The predicted octanol–water partition coefficient (Wildman–Crippen LogP) is 1.90. The fourth-order valence-electron chi connectivity index (χ4n) is 1.14. The third-order valence-electron chi connectivity index (χ3n) is 1.81. The fourth-order valence-corrected chi connectivity index (χ4v) is 1.14. The van der Waals surface area contributed by atoms with E-state index in [1.807, 2.05) is 19.1 Å². The maximum atomic E-state index is 9.46. The Morgan fingerprint density at radius 1 is 1.19 bits per heavy atom. The van der Waals surface area contributed by atoms with E-state index in [4.69, 9.17) is 19.2 Å². The van der Waals surface area contributed by atoms with Crippen LogP contribution in [-0.2, 0) is 4.57 Å². The third kappa shape index (κ3) is 7.43. The van der Waals surface area contributed by atoms with Crippen LogP contribution in [0.15, 0.2) is 18.2 Å². The Labute approximate surface area is 94.6 Å². The molecule has 1 aromatic carbocycles. The van der Waals surface area contributed by atoms with Crippen LogP contribution in [0.5, 0.6) is 5.75 Å². The van der Waals surface area contributed by atoms with Gasteiger partial charge in [-0.25, -0.2) is 4.57 Å². The average molecular weight is 248 g/mol. The molecule has 1 rings (SSSR count). The van der Waals surface area contributed by atoms with Crippen molar-refractivity contribution in [1.29, 1.82) is 0 Å². The van der Waals surface area contributed by atoms with E-state index in [-0.39, 0.29) is 0 Å². The Kier molecular flexibility index (Phi) is 5.68. The molecule has 92 valence electrons. The highest BCUT2D eigenvalue weighted by Crippen LogP contribution is 2.26. The molecule has 0 saturated heterocycles. The maximum absolute atomic E-state index is 9.46. The number of rotatable bonds is 1. The lowest BCUT2D eigenvalue weighted by atomic mass is 10.0. The number of phosphoric acid groups is 1. The topological polar surface area (TPSA) is 98.0 Å². The first-order valence-electron chi connectivity index (χ1n) is 4.69. The van der Waals surface area contributed by atoms with Crippen molar-refractivity contribution in [2.24, 2.45) is 0 Å². The van der Waals surface area contributed by atoms with Gasteiger partial charge < -0.3 is 19.8 Å². The molecule has 0 aliphatic heterocycles. The lowest BCUT2D eigenvalue weighted by Crippen LogP contribution is -1.87. The number of aromatic hydroxyl groups is 1. The second-order valence-electron chi connectivity index (χ2n) is 3.73. The number of hydrogen-bond acceptors (Lipinski definition) is 2. The summed E-state index contributed by atoms with van der Waals surface area (Å²) in [6, 6.07) is 5.81. The average Bonchev–Trinajstić information content (AvgIpc) is 1.99. The first kappa shape index (κ1) is 15.1. The van der Waals surface area contributed by atoms with Gasteiger partial charge in [0.05, 0.1) is 0 Å². The minimum Gasteiger partial charge on any atom is -0.508 e. The molecule has 5 nitrogen and oxygen atoms in total. The minimum absolute atomic E-state index is 0.399. The molecule has 0 bridgehead atoms. The lowest BCUT2D eigenvalue weighted by Gasteiger charge is -2.07. The van der Waals surface area contributed by atoms with Gasteiger partial charge in [-0.3, -0.25) is 0 Å². The quantitative estimate of drug-likeness (QED) is 0.569. The summed E-state index contributed by atoms with van der Waals surface area (Å²) in [7, 11) is -4.64. The zero-order valence-electron chi connectivity index (χ0n) is 9.45. The number of phenols is 1. The normalized spacial score (nSPS) is 10.9. The SMILES string of the molecule is Cc1ccc(C(C)C)c(O)c1.O=P(O)(O)O. The smallest absolute Gasteiger partial charge is 0.466 e. The van der Waals surface area contributed by atoms with E-state index >= 15 is 0 Å². The van der Waals surface area contributed by atoms with Gasteiger partial charge in [0.2, 0.25) is 0 Å². The van der Waals surface area contributed by atoms with E-state index in [2.05, 4.69) is 13.8 Å². The summed E-state index contributed by atoms with van der Waals surface area (Å²) in [5.41, 5.74) is 2.13. The molecular formula is C10H17O5P. The summed E-state index contributed by atoms with van der Waals surface area (Å²) in [5, 5.41) is 9.46. The van der Waals surface area contributed by atoms with Crippen molar-refractivity contribution in [2.45, 2.75) is 26.7 Å². The van der Waals surface area contributed by atoms with Crippen molar-refractivity contribution in [3.63, 3.8) is 0 Å². The van der Waals surface area contributed by atoms with Crippen LogP contribution in [0, 0.1) is 6.92 Å². The molecule has 0 aromatic heterocycles. The van der Waals surface area contributed by atoms with Crippen LogP contribution in [-0.4, -0.2) is 19.8 Å². The Balaban J connectivity index is 0.000000385. The molecule has 0 heterocycles. The number of phenolic OH excluding ortho intramolecular Hbond substituents is 1. The van der Waals surface area contributed by atoms with Crippen molar-refractivity contribution in [2.75, 3.05) is 0 Å². The van der Waals surface area contributed by atoms with Crippen molar-refractivity contribution < 1.29 is 24.4 Å². The Morgan fingerprint density at radius 3 is 1.94 bits per heavy atom. The van der Waals surface area contributed by atoms with Crippen molar-refractivity contribution >= 4 is 7.82 Å². The molecule has 6 heteroatoms. The Hall–Kier alpha value is -0.870. The van der Waals surface area contributed by atoms with E-state index in [1.165, 1.54) is 0 Å². The van der Waals surface area contributed by atoms with Gasteiger partial charge >= 0.3 is 7.82 Å². The summed E-state index contributed by atoms with van der Waals surface area (Å²) < 4.78 is 8.88. The van der Waals surface area contributed by atoms with Gasteiger partial charge in [0, 0.05) is 0 Å². The second kappa shape index (κ2) is 6.01. The summed E-state index contributed by atoms with van der Waals surface area (Å²) >= 11 is 0. The van der Waals surface area contributed by atoms with Crippen LogP contribution >= 0.6 is 7.82 Å². The van der Waals surface area contributed by atoms with Crippen LogP contribution in [0.1, 0.15) is 30.9 Å². The second-order valence-corrected chi connectivity index (χ2v) is 4.76. The largest absolute Gasteiger partial charge is 0.508 e. The third-order valence-corrected chi connectivity index (χ3v) is 1.81. The minimum atomic E-state index is -4.64. The first-order chi connectivity index (χ1) is 7.11. The van der Waals surface area contributed by atoms with Gasteiger partial charge in [0.25, 0.3) is 0 Å². The van der Waals surface area contributed by atoms with E-state index in [0.717, 1.165) is 11.1 Å². The molecule has 0 spiro atoms. The highest BCUT2D eigenvalue weighted by molar-refractivity contribution is 7.45. The monoisotopic (exact) mass is 248 g/mol. The standard InChI is InChI=1S/C10H14O.H3O4P/c1-7(2)9-5-4-8(3)6-10(9)11;1-5(2,3)4/h4-7,11H,1-3H3;(H3,1,2,3,4). The molecular weight excluding hydrogens is 231 g/mol. The molecule has 0 fully saturated rings. The molecule has 4 N–H and O–H groups in total. The van der Waals surface area contributed by atoms with Gasteiger partial charge in [0.1, 0.15) is 5.75 Å². The molecule has 0 amide bonds. The number of hydrogen-bond donors (Lipinski definition) is 4. The summed E-state index contributed by atoms with van der Waals surface area (Å²) in [4.78, 5) is 21.6. The van der Waals surface area contributed by atoms with Crippen molar-refractivity contribution in [3.8, 4) is 5.75 Å². The van der Waals surface area contributed by atoms with E-state index < -0.39 is 7.82 Å². The highest BCUT2D eigenvalue weighted by Gasteiger charge is 2.03. The molecule has 0 aliphatic rings. The molecule has 0 aliphatic carbocycles. The molecule has 16 heavy (non-hydrogen) atoms. The number of benzene rings is 1. The van der Waals surface area contributed by atoms with Crippen LogP contribution < -0.4 is 0 Å². The summed E-state index contributed by atoms with van der Waals surface area (Å²) in [6.07, 6.45) is 0. The van der Waals surface area contributed by atoms with E-state index in [9.17, 15) is 5.11 Å². The Bertz CT molecular complexity index is 375. The highest BCUT2D eigenvalue weighted by atomic mass is 31.2. The van der Waals surface area contributed by atoms with Crippen LogP contribution in [0.2, 0.25) is 0 Å². The summed E-state index contributed by atoms with van der Waals surface area (Å²) in [6.45, 7) is 6.12. The van der Waals surface area contributed by atoms with Crippen molar-refractivity contribution in [1.82, 2.24) is 0 Å². The van der Waals surface area contributed by atoms with Crippen LogP contribution in [0.25, 0.3) is 0 Å². The van der Waals surface area contributed by atoms with Crippen LogP contribution in [0.3, 0.4) is 0 Å². The Morgan fingerprint density at radius 2 is 1.62 bits per heavy atom. The van der Waals surface area contributed by atoms with E-state index in [0.29, 0.717) is 11.7 Å². The van der Waals surface area contributed by atoms with Crippen LogP contribution in [0.4, 0.5) is 0 Å². The maximum Gasteiger partial charge on any atom is 0.466 e. The zero-order valence-corrected chi connectivity index (χ0v) is 10.3. The number of aryl methyl sites for hydroxylation is 1. The molecule has 0 saturated carbocycles. The zero-order chi connectivity index (χ0) is 12.9. The fraction of sp³-hybridized carbons (Fsp3) is 0.400. The molecule has 0 atom stereocenters. The predicted molar refractivity (Wildman–Crippen MR) is 61.2 cm³/mol.